The van der Waals surface area contributed by atoms with Crippen LogP contribution in [0, 0.1) is 20.8 Å². The van der Waals surface area contributed by atoms with Gasteiger partial charge in [0.1, 0.15) is 0 Å². The highest BCUT2D eigenvalue weighted by molar-refractivity contribution is 7.98. The Kier molecular flexibility index (Phi) is 7.47. The zero-order valence-corrected chi connectivity index (χ0v) is 20.8. The minimum Gasteiger partial charge on any atom is -0.342 e. The van der Waals surface area contributed by atoms with E-state index in [1.165, 1.54) is 11.1 Å². The molecule has 8 heteroatoms. The highest BCUT2D eigenvalue weighted by Gasteiger charge is 2.19. The van der Waals surface area contributed by atoms with E-state index in [4.69, 9.17) is 5.10 Å². The van der Waals surface area contributed by atoms with Crippen LogP contribution in [0.2, 0.25) is 0 Å². The third kappa shape index (κ3) is 5.39. The number of aromatic nitrogens is 5. The summed E-state index contributed by atoms with van der Waals surface area (Å²) in [6, 6.07) is 14.0. The number of carbonyl (C=O) groups excluding carboxylic acids is 1. The van der Waals surface area contributed by atoms with Crippen LogP contribution in [0.4, 0.5) is 0 Å². The van der Waals surface area contributed by atoms with Gasteiger partial charge < -0.3 is 5.32 Å². The fourth-order valence-corrected chi connectivity index (χ4v) is 4.42. The van der Waals surface area contributed by atoms with Crippen molar-refractivity contribution in [2.75, 3.05) is 12.0 Å². The van der Waals surface area contributed by atoms with E-state index < -0.39 is 0 Å². The molecule has 0 radical (unpaired) electrons. The van der Waals surface area contributed by atoms with E-state index >= 15 is 0 Å². The van der Waals surface area contributed by atoms with Crippen molar-refractivity contribution < 1.29 is 4.79 Å². The third-order valence-electron chi connectivity index (χ3n) is 5.87. The molecule has 0 bridgehead atoms. The maximum atomic E-state index is 12.9. The number of carbonyl (C=O) groups is 1. The van der Waals surface area contributed by atoms with Gasteiger partial charge in [-0.1, -0.05) is 35.9 Å². The van der Waals surface area contributed by atoms with Gasteiger partial charge in [0.2, 0.25) is 5.91 Å². The number of nitrogens with one attached hydrogen (secondary N) is 1. The molecule has 0 aliphatic heterocycles. The third-order valence-corrected chi connectivity index (χ3v) is 6.51. The van der Waals surface area contributed by atoms with Gasteiger partial charge in [-0.3, -0.25) is 13.9 Å². The number of nitrogens with zero attached hydrogens (tertiary/aromatic N) is 5. The van der Waals surface area contributed by atoms with Crippen molar-refractivity contribution in [3.05, 3.63) is 88.6 Å². The summed E-state index contributed by atoms with van der Waals surface area (Å²) in [7, 11) is 0. The molecule has 0 spiro atoms. The molecule has 34 heavy (non-hydrogen) atoms. The number of thioether (sulfide) groups is 1. The van der Waals surface area contributed by atoms with Gasteiger partial charge in [0.15, 0.2) is 11.5 Å². The summed E-state index contributed by atoms with van der Waals surface area (Å²) in [5, 5.41) is 16.4. The lowest BCUT2D eigenvalue weighted by Gasteiger charge is -2.16. The van der Waals surface area contributed by atoms with Crippen LogP contribution in [-0.4, -0.2) is 42.3 Å². The molecule has 4 rings (SSSR count). The summed E-state index contributed by atoms with van der Waals surface area (Å²) in [6.45, 7) is 6.79. The van der Waals surface area contributed by atoms with Gasteiger partial charge in [0.05, 0.1) is 18.3 Å². The summed E-state index contributed by atoms with van der Waals surface area (Å²) >= 11 is 1.74. The monoisotopic (exact) mass is 474 g/mol. The highest BCUT2D eigenvalue weighted by Crippen LogP contribution is 2.20. The maximum absolute atomic E-state index is 12.9. The SMILES string of the molecule is CSCCC(NC(=O)/C=C/c1c(C)nn(Cc2ccc(C)cc2)c1C)c1nnc2ccccn12. The number of amides is 1. The van der Waals surface area contributed by atoms with Crippen LogP contribution in [0.5, 0.6) is 0 Å². The summed E-state index contributed by atoms with van der Waals surface area (Å²) in [4.78, 5) is 12.9. The lowest BCUT2D eigenvalue weighted by Crippen LogP contribution is -2.29. The molecular weight excluding hydrogens is 444 g/mol. The first-order valence-corrected chi connectivity index (χ1v) is 12.7. The number of hydrogen-bond donors (Lipinski definition) is 1. The molecule has 1 amide bonds. The van der Waals surface area contributed by atoms with Crippen molar-refractivity contribution in [3.8, 4) is 0 Å². The van der Waals surface area contributed by atoms with Gasteiger partial charge in [-0.05, 0) is 63.0 Å². The Morgan fingerprint density at radius 3 is 2.68 bits per heavy atom. The largest absolute Gasteiger partial charge is 0.342 e. The zero-order chi connectivity index (χ0) is 24.1. The smallest absolute Gasteiger partial charge is 0.244 e. The minimum absolute atomic E-state index is 0.163. The van der Waals surface area contributed by atoms with Gasteiger partial charge in [-0.25, -0.2) is 0 Å². The van der Waals surface area contributed by atoms with Gasteiger partial charge in [0.25, 0.3) is 0 Å². The second-order valence-corrected chi connectivity index (χ2v) is 9.38. The summed E-state index contributed by atoms with van der Waals surface area (Å²) in [5.41, 5.74) is 6.10. The van der Waals surface area contributed by atoms with Crippen LogP contribution in [0.15, 0.2) is 54.7 Å². The first kappa shape index (κ1) is 23.8. The van der Waals surface area contributed by atoms with Crippen LogP contribution in [-0.2, 0) is 11.3 Å². The molecule has 7 nitrogen and oxygen atoms in total. The number of pyridine rings is 1. The van der Waals surface area contributed by atoms with Crippen LogP contribution in [0.3, 0.4) is 0 Å². The topological polar surface area (TPSA) is 77.1 Å². The Hall–Kier alpha value is -3.39. The molecule has 1 unspecified atom stereocenters. The second-order valence-electron chi connectivity index (χ2n) is 8.39. The van der Waals surface area contributed by atoms with E-state index in [0.29, 0.717) is 6.54 Å². The fraction of sp³-hybridized carbons (Fsp3) is 0.308. The molecule has 3 aromatic heterocycles. The molecule has 0 fully saturated rings. The zero-order valence-electron chi connectivity index (χ0n) is 20.0. The average Bonchev–Trinajstić information content (AvgIpc) is 3.37. The number of rotatable bonds is 9. The Morgan fingerprint density at radius 1 is 1.12 bits per heavy atom. The first-order valence-electron chi connectivity index (χ1n) is 11.3. The van der Waals surface area contributed by atoms with Crippen molar-refractivity contribution in [2.45, 2.75) is 39.8 Å². The molecule has 3 heterocycles. The molecule has 1 N–H and O–H groups in total. The quantitative estimate of drug-likeness (QED) is 0.361. The summed E-state index contributed by atoms with van der Waals surface area (Å²) < 4.78 is 3.92. The maximum Gasteiger partial charge on any atom is 0.244 e. The van der Waals surface area contributed by atoms with Gasteiger partial charge >= 0.3 is 0 Å². The number of fused-ring (bicyclic) bond motifs is 1. The fourth-order valence-electron chi connectivity index (χ4n) is 3.95. The molecule has 1 atom stereocenters. The van der Waals surface area contributed by atoms with Gasteiger partial charge in [-0.2, -0.15) is 16.9 Å². The molecule has 0 saturated heterocycles. The molecule has 0 saturated carbocycles. The summed E-state index contributed by atoms with van der Waals surface area (Å²) in [6.07, 6.45) is 8.19. The van der Waals surface area contributed by atoms with Gasteiger partial charge in [-0.15, -0.1) is 10.2 Å². The van der Waals surface area contributed by atoms with E-state index in [1.807, 2.05) is 53.4 Å². The lowest BCUT2D eigenvalue weighted by molar-refractivity contribution is -0.117. The molecule has 1 aromatic carbocycles. The Morgan fingerprint density at radius 2 is 1.91 bits per heavy atom. The standard InChI is InChI=1S/C26H30N6OS/c1-18-8-10-21(11-9-18)17-32-20(3)22(19(2)30-32)12-13-25(33)27-23(14-16-34-4)26-29-28-24-7-5-6-15-31(24)26/h5-13,15,23H,14,16-17H2,1-4H3,(H,27,33)/b13-12+. The van der Waals surface area contributed by atoms with Crippen molar-refractivity contribution >= 4 is 29.4 Å². The molecular formula is C26H30N6OS. The van der Waals surface area contributed by atoms with Crippen LogP contribution in [0.25, 0.3) is 11.7 Å². The normalized spacial score (nSPS) is 12.5. The number of aryl methyl sites for hydroxylation is 2. The number of benzene rings is 1. The van der Waals surface area contributed by atoms with Crippen molar-refractivity contribution in [3.63, 3.8) is 0 Å². The van der Waals surface area contributed by atoms with Crippen LogP contribution < -0.4 is 5.32 Å². The molecule has 4 aromatic rings. The van der Waals surface area contributed by atoms with Crippen LogP contribution in [0.1, 0.15) is 46.4 Å². The minimum atomic E-state index is -0.228. The average molecular weight is 475 g/mol. The van der Waals surface area contributed by atoms with Crippen molar-refractivity contribution in [2.24, 2.45) is 0 Å². The summed E-state index contributed by atoms with van der Waals surface area (Å²) in [5.74, 6) is 1.48. The predicted octanol–water partition coefficient (Wildman–Crippen LogP) is 4.52. The first-order chi connectivity index (χ1) is 16.5. The van der Waals surface area contributed by atoms with E-state index in [9.17, 15) is 4.79 Å². The molecule has 0 aliphatic rings. The van der Waals surface area contributed by atoms with E-state index in [-0.39, 0.29) is 11.9 Å². The van der Waals surface area contributed by atoms with E-state index in [2.05, 4.69) is 53.0 Å². The molecule has 176 valence electrons. The Labute approximate surface area is 204 Å². The van der Waals surface area contributed by atoms with Gasteiger partial charge in [0, 0.05) is 23.5 Å². The highest BCUT2D eigenvalue weighted by atomic mass is 32.2. The second kappa shape index (κ2) is 10.7. The molecule has 0 aliphatic carbocycles. The lowest BCUT2D eigenvalue weighted by atomic mass is 10.1. The van der Waals surface area contributed by atoms with Crippen LogP contribution >= 0.6 is 11.8 Å². The predicted molar refractivity (Wildman–Crippen MR) is 138 cm³/mol. The van der Waals surface area contributed by atoms with E-state index in [1.54, 1.807) is 17.8 Å². The van der Waals surface area contributed by atoms with E-state index in [0.717, 1.165) is 40.6 Å². The Balaban J connectivity index is 1.49. The van der Waals surface area contributed by atoms with Crippen molar-refractivity contribution in [1.29, 1.82) is 0 Å². The van der Waals surface area contributed by atoms with Crippen molar-refractivity contribution in [1.82, 2.24) is 29.7 Å². The Bertz CT molecular complexity index is 1300. The number of hydrogen-bond acceptors (Lipinski definition) is 5.